The van der Waals surface area contributed by atoms with E-state index < -0.39 is 24.1 Å². The van der Waals surface area contributed by atoms with Gasteiger partial charge in [0.2, 0.25) is 0 Å². The van der Waals surface area contributed by atoms with Crippen molar-refractivity contribution in [2.45, 2.75) is 32.2 Å². The number of hydrogen-bond acceptors (Lipinski definition) is 5. The Hall–Kier alpha value is -3.35. The van der Waals surface area contributed by atoms with Gasteiger partial charge in [0.1, 0.15) is 24.6 Å². The number of halogens is 1. The number of benzene rings is 3. The number of carbonyl (C=O) groups excluding carboxylic acids is 2. The molecule has 0 bridgehead atoms. The maximum atomic E-state index is 12.8. The molecule has 6 nitrogen and oxygen atoms in total. The number of ether oxygens (including phenoxy) is 3. The van der Waals surface area contributed by atoms with E-state index in [0.29, 0.717) is 28.6 Å². The van der Waals surface area contributed by atoms with E-state index in [9.17, 15) is 9.59 Å². The minimum absolute atomic E-state index is 0.192. The Labute approximate surface area is 197 Å². The van der Waals surface area contributed by atoms with Crippen LogP contribution >= 0.6 is 11.6 Å². The quantitative estimate of drug-likeness (QED) is 0.479. The predicted octanol–water partition coefficient (Wildman–Crippen LogP) is 5.30. The summed E-state index contributed by atoms with van der Waals surface area (Å²) in [5.74, 6) is -0.250. The van der Waals surface area contributed by atoms with Gasteiger partial charge in [-0.05, 0) is 48.4 Å². The van der Waals surface area contributed by atoms with Gasteiger partial charge < -0.3 is 19.5 Å². The average Bonchev–Trinajstić information content (AvgIpc) is 2.95. The summed E-state index contributed by atoms with van der Waals surface area (Å²) >= 11 is 6.26. The van der Waals surface area contributed by atoms with Crippen molar-refractivity contribution in [3.63, 3.8) is 0 Å². The van der Waals surface area contributed by atoms with Crippen LogP contribution in [0.4, 0.5) is 5.69 Å². The minimum atomic E-state index is -1.02. The molecule has 1 N–H and O–H groups in total. The number of nitrogens with one attached hydrogen (secondary N) is 1. The summed E-state index contributed by atoms with van der Waals surface area (Å²) in [6.07, 6.45) is -1.85. The molecule has 1 heterocycles. The molecular weight excluding hydrogens is 442 g/mol. The summed E-state index contributed by atoms with van der Waals surface area (Å²) in [7, 11) is 0. The molecule has 3 aromatic rings. The number of rotatable bonds is 7. The van der Waals surface area contributed by atoms with Crippen molar-refractivity contribution in [3.8, 4) is 5.75 Å². The van der Waals surface area contributed by atoms with E-state index in [1.165, 1.54) is 0 Å². The Balaban J connectivity index is 1.64. The number of hydrogen-bond donors (Lipinski definition) is 1. The fraction of sp³-hybridized carbons (Fsp3) is 0.231. The van der Waals surface area contributed by atoms with Crippen LogP contribution in [0, 0.1) is 0 Å². The largest absolute Gasteiger partial charge is 0.489 e. The van der Waals surface area contributed by atoms with Crippen LogP contribution in [0.15, 0.2) is 72.8 Å². The van der Waals surface area contributed by atoms with Crippen molar-refractivity contribution in [2.24, 2.45) is 0 Å². The Bertz CT molecular complexity index is 1130. The Morgan fingerprint density at radius 1 is 1.06 bits per heavy atom. The maximum absolute atomic E-state index is 12.8. The van der Waals surface area contributed by atoms with Gasteiger partial charge in [0, 0.05) is 16.3 Å². The second-order valence-electron chi connectivity index (χ2n) is 7.58. The van der Waals surface area contributed by atoms with E-state index in [2.05, 4.69) is 5.32 Å². The van der Waals surface area contributed by atoms with Crippen molar-refractivity contribution < 1.29 is 23.8 Å². The third-order valence-electron chi connectivity index (χ3n) is 5.21. The highest BCUT2D eigenvalue weighted by molar-refractivity contribution is 6.30. The summed E-state index contributed by atoms with van der Waals surface area (Å²) in [5, 5.41) is 3.36. The van der Waals surface area contributed by atoms with Gasteiger partial charge in [-0.15, -0.1) is 0 Å². The van der Waals surface area contributed by atoms with Gasteiger partial charge in [-0.25, -0.2) is 0 Å². The lowest BCUT2D eigenvalue weighted by Gasteiger charge is -2.22. The van der Waals surface area contributed by atoms with Gasteiger partial charge in [0.15, 0.2) is 0 Å². The highest BCUT2D eigenvalue weighted by Crippen LogP contribution is 2.38. The van der Waals surface area contributed by atoms with Crippen LogP contribution in [-0.2, 0) is 25.7 Å². The monoisotopic (exact) mass is 465 g/mol. The molecule has 7 heteroatoms. The van der Waals surface area contributed by atoms with E-state index >= 15 is 0 Å². The average molecular weight is 466 g/mol. The first-order valence-electron chi connectivity index (χ1n) is 10.7. The first-order valence-corrected chi connectivity index (χ1v) is 11.1. The molecule has 1 aliphatic rings. The molecule has 4 rings (SSSR count). The van der Waals surface area contributed by atoms with Crippen molar-refractivity contribution >= 4 is 29.2 Å². The van der Waals surface area contributed by atoms with Crippen LogP contribution in [0.1, 0.15) is 36.1 Å². The van der Waals surface area contributed by atoms with Gasteiger partial charge in [0.05, 0.1) is 13.0 Å². The normalized spacial score (nSPS) is 17.5. The van der Waals surface area contributed by atoms with Gasteiger partial charge in [-0.1, -0.05) is 54.1 Å². The maximum Gasteiger partial charge on any atom is 0.308 e. The van der Waals surface area contributed by atoms with Crippen LogP contribution in [0.2, 0.25) is 5.02 Å². The van der Waals surface area contributed by atoms with Gasteiger partial charge in [-0.2, -0.15) is 0 Å². The molecule has 3 aromatic carbocycles. The van der Waals surface area contributed by atoms with Crippen LogP contribution < -0.4 is 10.1 Å². The number of amides is 1. The zero-order valence-corrected chi connectivity index (χ0v) is 18.9. The lowest BCUT2D eigenvalue weighted by Crippen LogP contribution is -2.32. The van der Waals surface area contributed by atoms with Crippen molar-refractivity contribution in [3.05, 3.63) is 94.5 Å². The number of anilines is 1. The summed E-state index contributed by atoms with van der Waals surface area (Å²) in [4.78, 5) is 24.9. The number of esters is 1. The van der Waals surface area contributed by atoms with E-state index in [-0.39, 0.29) is 13.0 Å². The standard InChI is InChI=1S/C26H24ClNO5/c1-2-31-24(29)15-23-26(30)28-22-12-11-19(27)14-21(22)25(33-23)18-9-6-10-20(13-18)32-16-17-7-4-3-5-8-17/h3-14,23,25H,2,15-16H2,1H3,(H,28,30). The molecular formula is C26H24ClNO5. The fourth-order valence-corrected chi connectivity index (χ4v) is 3.84. The molecule has 0 fully saturated rings. The van der Waals surface area contributed by atoms with E-state index in [0.717, 1.165) is 11.1 Å². The summed E-state index contributed by atoms with van der Waals surface area (Å²) in [6.45, 7) is 2.37. The van der Waals surface area contributed by atoms with E-state index in [1.54, 1.807) is 25.1 Å². The lowest BCUT2D eigenvalue weighted by molar-refractivity contribution is -0.150. The van der Waals surface area contributed by atoms with Gasteiger partial charge >= 0.3 is 5.97 Å². The van der Waals surface area contributed by atoms with Crippen LogP contribution in [0.25, 0.3) is 0 Å². The van der Waals surface area contributed by atoms with Gasteiger partial charge in [-0.3, -0.25) is 9.59 Å². The zero-order chi connectivity index (χ0) is 23.2. The first-order chi connectivity index (χ1) is 16.0. The molecule has 0 saturated heterocycles. The molecule has 0 aliphatic carbocycles. The lowest BCUT2D eigenvalue weighted by atomic mass is 9.99. The Morgan fingerprint density at radius 2 is 1.88 bits per heavy atom. The molecule has 2 atom stereocenters. The number of fused-ring (bicyclic) bond motifs is 1. The van der Waals surface area contributed by atoms with Crippen molar-refractivity contribution in [1.29, 1.82) is 0 Å². The number of carbonyl (C=O) groups is 2. The van der Waals surface area contributed by atoms with E-state index in [1.807, 2.05) is 54.6 Å². The molecule has 1 amide bonds. The summed E-state index contributed by atoms with van der Waals surface area (Å²) < 4.78 is 17.2. The summed E-state index contributed by atoms with van der Waals surface area (Å²) in [6, 6.07) is 22.5. The van der Waals surface area contributed by atoms with Crippen molar-refractivity contribution in [2.75, 3.05) is 11.9 Å². The SMILES string of the molecule is CCOC(=O)CC1OC(c2cccc(OCc3ccccc3)c2)c2cc(Cl)ccc2NC1=O. The molecule has 0 saturated carbocycles. The molecule has 0 spiro atoms. The highest BCUT2D eigenvalue weighted by Gasteiger charge is 2.33. The predicted molar refractivity (Wildman–Crippen MR) is 125 cm³/mol. The molecule has 0 radical (unpaired) electrons. The second kappa shape index (κ2) is 10.5. The zero-order valence-electron chi connectivity index (χ0n) is 18.1. The van der Waals surface area contributed by atoms with Crippen LogP contribution in [0.5, 0.6) is 5.75 Å². The first kappa shape index (κ1) is 22.8. The molecule has 2 unspecified atom stereocenters. The molecule has 1 aliphatic heterocycles. The summed E-state index contributed by atoms with van der Waals surface area (Å²) in [5.41, 5.74) is 3.10. The van der Waals surface area contributed by atoms with Crippen LogP contribution in [0.3, 0.4) is 0 Å². The fourth-order valence-electron chi connectivity index (χ4n) is 3.66. The Kier molecular flexibility index (Phi) is 7.27. The molecule has 170 valence electrons. The minimum Gasteiger partial charge on any atom is -0.489 e. The highest BCUT2D eigenvalue weighted by atomic mass is 35.5. The molecule has 0 aromatic heterocycles. The topological polar surface area (TPSA) is 73.9 Å². The van der Waals surface area contributed by atoms with Crippen molar-refractivity contribution in [1.82, 2.24) is 0 Å². The van der Waals surface area contributed by atoms with Crippen LogP contribution in [-0.4, -0.2) is 24.6 Å². The Morgan fingerprint density at radius 3 is 2.67 bits per heavy atom. The molecule has 33 heavy (non-hydrogen) atoms. The third-order valence-corrected chi connectivity index (χ3v) is 5.45. The third kappa shape index (κ3) is 5.72. The van der Waals surface area contributed by atoms with Gasteiger partial charge in [0.25, 0.3) is 5.91 Å². The second-order valence-corrected chi connectivity index (χ2v) is 8.02. The van der Waals surface area contributed by atoms with E-state index in [4.69, 9.17) is 25.8 Å². The smallest absolute Gasteiger partial charge is 0.308 e.